The van der Waals surface area contributed by atoms with E-state index in [1.807, 2.05) is 36.5 Å². The lowest BCUT2D eigenvalue weighted by Crippen LogP contribution is -2.20. The van der Waals surface area contributed by atoms with Crippen LogP contribution in [0, 0.1) is 5.92 Å². The van der Waals surface area contributed by atoms with E-state index in [0.717, 1.165) is 53.1 Å². The van der Waals surface area contributed by atoms with Gasteiger partial charge in [-0.05, 0) is 78.0 Å². The maximum Gasteiger partial charge on any atom is 0.250 e. The molecule has 33 heavy (non-hydrogen) atoms. The zero-order chi connectivity index (χ0) is 22.1. The molecule has 2 aliphatic rings. The molecule has 8 heteroatoms. The minimum Gasteiger partial charge on any atom is -0.384 e. The number of aliphatic imine (C=N–C) groups is 1. The SMILES string of the molecule is Cl.NC1=NCc2cc(-c3ccc(=O)n(Cc4cccc(Cl)c4)c3)cc(NCC3CCNC3)c21. The summed E-state index contributed by atoms with van der Waals surface area (Å²) < 4.78 is 1.72. The molecule has 1 saturated heterocycles. The van der Waals surface area contributed by atoms with Gasteiger partial charge in [-0.3, -0.25) is 9.79 Å². The molecule has 0 saturated carbocycles. The smallest absolute Gasteiger partial charge is 0.250 e. The number of hydrogen-bond donors (Lipinski definition) is 3. The van der Waals surface area contributed by atoms with Crippen molar-refractivity contribution in [2.24, 2.45) is 16.6 Å². The van der Waals surface area contributed by atoms with Gasteiger partial charge in [0.25, 0.3) is 5.56 Å². The maximum absolute atomic E-state index is 12.5. The van der Waals surface area contributed by atoms with Gasteiger partial charge in [0.05, 0.1) is 13.1 Å². The molecule has 0 radical (unpaired) electrons. The highest BCUT2D eigenvalue weighted by atomic mass is 35.5. The number of anilines is 1. The second kappa shape index (κ2) is 10.00. The van der Waals surface area contributed by atoms with Crippen molar-refractivity contribution < 1.29 is 0 Å². The number of aromatic nitrogens is 1. The van der Waals surface area contributed by atoms with Crippen LogP contribution >= 0.6 is 24.0 Å². The molecule has 0 aliphatic carbocycles. The summed E-state index contributed by atoms with van der Waals surface area (Å²) in [4.78, 5) is 17.0. The van der Waals surface area contributed by atoms with Gasteiger partial charge in [-0.25, -0.2) is 0 Å². The highest BCUT2D eigenvalue weighted by Crippen LogP contribution is 2.32. The molecule has 4 N–H and O–H groups in total. The van der Waals surface area contributed by atoms with Crippen molar-refractivity contribution in [3.63, 3.8) is 0 Å². The molecule has 2 aromatic carbocycles. The maximum atomic E-state index is 12.5. The lowest BCUT2D eigenvalue weighted by atomic mass is 9.98. The predicted octanol–water partition coefficient (Wildman–Crippen LogP) is 3.88. The van der Waals surface area contributed by atoms with E-state index < -0.39 is 0 Å². The number of nitrogens with zero attached hydrogens (tertiary/aromatic N) is 2. The van der Waals surface area contributed by atoms with Crippen LogP contribution in [0.2, 0.25) is 5.02 Å². The molecule has 2 aliphatic heterocycles. The third kappa shape index (κ3) is 5.08. The Hall–Kier alpha value is -2.80. The zero-order valence-electron chi connectivity index (χ0n) is 18.2. The first-order valence-corrected chi connectivity index (χ1v) is 11.3. The molecule has 172 valence electrons. The summed E-state index contributed by atoms with van der Waals surface area (Å²) in [5, 5.41) is 7.69. The third-order valence-electron chi connectivity index (χ3n) is 6.20. The Kier molecular flexibility index (Phi) is 7.08. The van der Waals surface area contributed by atoms with E-state index in [4.69, 9.17) is 17.3 Å². The highest BCUT2D eigenvalue weighted by Gasteiger charge is 2.21. The number of fused-ring (bicyclic) bond motifs is 1. The number of nitrogens with two attached hydrogens (primary N) is 1. The fourth-order valence-corrected chi connectivity index (χ4v) is 4.70. The Balaban J connectivity index is 0.00000259. The Bertz CT molecular complexity index is 1250. The lowest BCUT2D eigenvalue weighted by molar-refractivity contribution is 0.615. The summed E-state index contributed by atoms with van der Waals surface area (Å²) in [6, 6.07) is 15.3. The first-order valence-electron chi connectivity index (χ1n) is 10.9. The Morgan fingerprint density at radius 1 is 1.18 bits per heavy atom. The number of pyridine rings is 1. The van der Waals surface area contributed by atoms with Crippen LogP contribution in [0.4, 0.5) is 5.69 Å². The van der Waals surface area contributed by atoms with Gasteiger partial charge in [0.15, 0.2) is 0 Å². The molecular formula is C25H27Cl2N5O. The first kappa shape index (κ1) is 23.4. The van der Waals surface area contributed by atoms with E-state index in [1.165, 1.54) is 6.42 Å². The molecule has 5 rings (SSSR count). The van der Waals surface area contributed by atoms with Crippen molar-refractivity contribution >= 4 is 35.5 Å². The number of nitrogens with one attached hydrogen (secondary N) is 2. The fraction of sp³-hybridized carbons (Fsp3) is 0.280. The second-order valence-electron chi connectivity index (χ2n) is 8.51. The second-order valence-corrected chi connectivity index (χ2v) is 8.95. The fourth-order valence-electron chi connectivity index (χ4n) is 4.49. The van der Waals surface area contributed by atoms with Gasteiger partial charge in [0.2, 0.25) is 0 Å². The normalized spacial score (nSPS) is 16.8. The van der Waals surface area contributed by atoms with Gasteiger partial charge >= 0.3 is 0 Å². The molecule has 0 bridgehead atoms. The minimum atomic E-state index is -0.0467. The van der Waals surface area contributed by atoms with Gasteiger partial charge in [0.1, 0.15) is 5.84 Å². The van der Waals surface area contributed by atoms with Crippen LogP contribution in [0.15, 0.2) is 64.5 Å². The summed E-state index contributed by atoms with van der Waals surface area (Å²) in [5.41, 5.74) is 12.3. The third-order valence-corrected chi connectivity index (χ3v) is 6.43. The Labute approximate surface area is 204 Å². The lowest BCUT2D eigenvalue weighted by Gasteiger charge is -2.17. The molecule has 3 aromatic rings. The van der Waals surface area contributed by atoms with Gasteiger partial charge in [-0.2, -0.15) is 0 Å². The number of halogens is 2. The van der Waals surface area contributed by atoms with E-state index >= 15 is 0 Å². The quantitative estimate of drug-likeness (QED) is 0.496. The van der Waals surface area contributed by atoms with Crippen molar-refractivity contribution in [1.29, 1.82) is 0 Å². The number of amidine groups is 1. The van der Waals surface area contributed by atoms with E-state index in [9.17, 15) is 4.79 Å². The van der Waals surface area contributed by atoms with Gasteiger partial charge in [-0.15, -0.1) is 12.4 Å². The molecule has 1 aromatic heterocycles. The predicted molar refractivity (Wildman–Crippen MR) is 138 cm³/mol. The number of hydrogen-bond acceptors (Lipinski definition) is 5. The zero-order valence-corrected chi connectivity index (χ0v) is 19.8. The average molecular weight is 484 g/mol. The van der Waals surface area contributed by atoms with Crippen LogP contribution in [-0.4, -0.2) is 30.0 Å². The van der Waals surface area contributed by atoms with E-state index in [0.29, 0.717) is 29.9 Å². The number of benzene rings is 2. The molecular weight excluding hydrogens is 457 g/mol. The molecule has 6 nitrogen and oxygen atoms in total. The molecule has 0 amide bonds. The standard InChI is InChI=1S/C25H26ClN5O.ClH/c26-21-3-1-2-16(8-21)14-31-15-18(4-5-23(31)32)19-9-20-13-30-25(27)24(20)22(10-19)29-12-17-6-7-28-11-17;/h1-5,8-10,15,17,28-29H,6-7,11-14H2,(H2,27,30);1H. The van der Waals surface area contributed by atoms with Crippen LogP contribution in [0.1, 0.15) is 23.1 Å². The monoisotopic (exact) mass is 483 g/mol. The summed E-state index contributed by atoms with van der Waals surface area (Å²) in [7, 11) is 0. The van der Waals surface area contributed by atoms with Crippen molar-refractivity contribution in [1.82, 2.24) is 9.88 Å². The van der Waals surface area contributed by atoms with Crippen molar-refractivity contribution in [2.75, 3.05) is 25.0 Å². The topological polar surface area (TPSA) is 84.4 Å². The summed E-state index contributed by atoms with van der Waals surface area (Å²) >= 11 is 6.12. The van der Waals surface area contributed by atoms with Gasteiger partial charge in [0, 0.05) is 35.1 Å². The largest absolute Gasteiger partial charge is 0.384 e. The van der Waals surface area contributed by atoms with E-state index in [2.05, 4.69) is 27.8 Å². The summed E-state index contributed by atoms with van der Waals surface area (Å²) in [6.45, 7) is 4.05. The first-order chi connectivity index (χ1) is 15.6. The summed E-state index contributed by atoms with van der Waals surface area (Å²) in [5.74, 6) is 1.19. The molecule has 1 fully saturated rings. The van der Waals surface area contributed by atoms with Crippen LogP contribution in [0.25, 0.3) is 11.1 Å². The van der Waals surface area contributed by atoms with Gasteiger partial charge in [-0.1, -0.05) is 23.7 Å². The Morgan fingerprint density at radius 3 is 2.85 bits per heavy atom. The van der Waals surface area contributed by atoms with E-state index in [1.54, 1.807) is 10.6 Å². The highest BCUT2D eigenvalue weighted by molar-refractivity contribution is 6.30. The van der Waals surface area contributed by atoms with Gasteiger partial charge < -0.3 is 20.9 Å². The molecule has 1 atom stereocenters. The summed E-state index contributed by atoms with van der Waals surface area (Å²) in [6.07, 6.45) is 3.09. The van der Waals surface area contributed by atoms with Crippen LogP contribution < -0.4 is 21.9 Å². The van der Waals surface area contributed by atoms with E-state index in [-0.39, 0.29) is 18.0 Å². The van der Waals surface area contributed by atoms with Crippen LogP contribution in [0.5, 0.6) is 0 Å². The average Bonchev–Trinajstić information content (AvgIpc) is 3.44. The van der Waals surface area contributed by atoms with Crippen LogP contribution in [-0.2, 0) is 13.1 Å². The molecule has 1 unspecified atom stereocenters. The molecule has 0 spiro atoms. The van der Waals surface area contributed by atoms with Crippen LogP contribution in [0.3, 0.4) is 0 Å². The van der Waals surface area contributed by atoms with Crippen molar-refractivity contribution in [2.45, 2.75) is 19.5 Å². The molecule has 3 heterocycles. The Morgan fingerprint density at radius 2 is 2.06 bits per heavy atom. The number of rotatable bonds is 6. The van der Waals surface area contributed by atoms with Crippen molar-refractivity contribution in [3.05, 3.63) is 86.8 Å². The minimum absolute atomic E-state index is 0. The van der Waals surface area contributed by atoms with Crippen molar-refractivity contribution in [3.8, 4) is 11.1 Å².